The quantitative estimate of drug-likeness (QED) is 0.391. The normalized spacial score (nSPS) is 12.1. The van der Waals surface area contributed by atoms with Crippen molar-refractivity contribution in [1.82, 2.24) is 25.0 Å². The van der Waals surface area contributed by atoms with Gasteiger partial charge in [0.2, 0.25) is 5.95 Å². The second-order valence-corrected chi connectivity index (χ2v) is 7.30. The molecule has 3 aromatic rings. The number of halogens is 1. The van der Waals surface area contributed by atoms with Crippen LogP contribution in [0.1, 0.15) is 29.0 Å². The minimum Gasteiger partial charge on any atom is -0.349 e. The number of amides is 1. The van der Waals surface area contributed by atoms with Gasteiger partial charge >= 0.3 is 0 Å². The fourth-order valence-electron chi connectivity index (χ4n) is 2.44. The van der Waals surface area contributed by atoms with Crippen LogP contribution >= 0.6 is 23.3 Å². The topological polar surface area (TPSA) is 91.8 Å². The summed E-state index contributed by atoms with van der Waals surface area (Å²) in [5.74, 6) is -0.352. The Morgan fingerprint density at radius 3 is 2.96 bits per heavy atom. The molecule has 0 spiro atoms. The van der Waals surface area contributed by atoms with E-state index < -0.39 is 5.82 Å². The second kappa shape index (κ2) is 9.07. The molecule has 0 fully saturated rings. The number of hydrogen-bond donors (Lipinski definition) is 3. The van der Waals surface area contributed by atoms with Crippen LogP contribution in [-0.2, 0) is 0 Å². The van der Waals surface area contributed by atoms with Gasteiger partial charge in [-0.1, -0.05) is 11.9 Å². The highest BCUT2D eigenvalue weighted by atomic mass is 32.2. The molecule has 142 valence electrons. The molecule has 3 N–H and O–H groups in total. The van der Waals surface area contributed by atoms with Gasteiger partial charge < -0.3 is 10.6 Å². The number of carbonyl (C=O) groups is 1. The first-order chi connectivity index (χ1) is 13.1. The maximum Gasteiger partial charge on any atom is 0.271 e. The highest BCUT2D eigenvalue weighted by Crippen LogP contribution is 2.25. The van der Waals surface area contributed by atoms with Gasteiger partial charge in [0, 0.05) is 19.3 Å². The first kappa shape index (κ1) is 19.5. The Kier molecular flexibility index (Phi) is 6.54. The van der Waals surface area contributed by atoms with Crippen molar-refractivity contribution in [3.63, 3.8) is 0 Å². The van der Waals surface area contributed by atoms with Crippen molar-refractivity contribution in [1.29, 1.82) is 0 Å². The Labute approximate surface area is 164 Å². The smallest absolute Gasteiger partial charge is 0.271 e. The third kappa shape index (κ3) is 4.90. The molecule has 0 saturated carbocycles. The molecule has 1 atom stereocenters. The van der Waals surface area contributed by atoms with E-state index in [2.05, 4.69) is 30.3 Å². The number of pyridine rings is 1. The van der Waals surface area contributed by atoms with Crippen LogP contribution < -0.4 is 15.4 Å². The lowest BCUT2D eigenvalue weighted by atomic mass is 10.1. The number of hydrogen-bond acceptors (Lipinski definition) is 8. The molecule has 0 aliphatic carbocycles. The monoisotopic (exact) mass is 406 g/mol. The first-order valence-electron chi connectivity index (χ1n) is 8.24. The Balaban J connectivity index is 1.81. The van der Waals surface area contributed by atoms with Gasteiger partial charge in [-0.25, -0.2) is 14.4 Å². The molecule has 1 unspecified atom stereocenters. The summed E-state index contributed by atoms with van der Waals surface area (Å²) < 4.78 is 17.2. The molecule has 0 aromatic carbocycles. The predicted molar refractivity (Wildman–Crippen MR) is 107 cm³/mol. The maximum atomic E-state index is 13.4. The van der Waals surface area contributed by atoms with Crippen molar-refractivity contribution in [3.05, 3.63) is 47.0 Å². The summed E-state index contributed by atoms with van der Waals surface area (Å²) in [4.78, 5) is 25.3. The Hall–Kier alpha value is -2.30. The zero-order chi connectivity index (χ0) is 19.2. The Morgan fingerprint density at radius 1 is 1.33 bits per heavy atom. The molecule has 3 heterocycles. The largest absolute Gasteiger partial charge is 0.349 e. The average molecular weight is 407 g/mol. The zero-order valence-corrected chi connectivity index (χ0v) is 16.5. The number of thiophene rings is 1. The predicted octanol–water partition coefficient (Wildman–Crippen LogP) is 3.00. The van der Waals surface area contributed by atoms with Crippen molar-refractivity contribution in [3.8, 4) is 0 Å². The fourth-order valence-corrected chi connectivity index (χ4v) is 3.56. The van der Waals surface area contributed by atoms with Gasteiger partial charge in [0.1, 0.15) is 5.82 Å². The molecule has 7 nitrogen and oxygen atoms in total. The molecule has 10 heteroatoms. The standard InChI is InChI=1S/C17H19FN6OS2/c1-10(11-7-12(18)9-19-8-11)22-17-23-13-3-6-27-15(13)14(24-17)16(25)20-4-5-21-26-2/h3,6-10,21H,4-5H2,1-2H3,(H,20,25)(H,22,23,24). The van der Waals surface area contributed by atoms with E-state index in [1.165, 1.54) is 29.4 Å². The van der Waals surface area contributed by atoms with E-state index in [9.17, 15) is 9.18 Å². The lowest BCUT2D eigenvalue weighted by Gasteiger charge is -2.15. The minimum absolute atomic E-state index is 0.254. The Morgan fingerprint density at radius 2 is 2.19 bits per heavy atom. The molecule has 3 aromatic heterocycles. The minimum atomic E-state index is -0.408. The van der Waals surface area contributed by atoms with Gasteiger partial charge in [0.15, 0.2) is 5.69 Å². The SMILES string of the molecule is CSNCCNC(=O)c1nc(NC(C)c2cncc(F)c2)nc2ccsc12. The molecule has 0 radical (unpaired) electrons. The van der Waals surface area contributed by atoms with Gasteiger partial charge in [-0.3, -0.25) is 14.5 Å². The van der Waals surface area contributed by atoms with Crippen molar-refractivity contribution in [2.45, 2.75) is 13.0 Å². The molecule has 27 heavy (non-hydrogen) atoms. The maximum absolute atomic E-state index is 13.4. The number of anilines is 1. The highest BCUT2D eigenvalue weighted by molar-refractivity contribution is 7.96. The molecule has 0 aliphatic heterocycles. The second-order valence-electron chi connectivity index (χ2n) is 5.69. The van der Waals surface area contributed by atoms with E-state index in [0.717, 1.165) is 10.9 Å². The van der Waals surface area contributed by atoms with E-state index >= 15 is 0 Å². The number of nitrogens with zero attached hydrogens (tertiary/aromatic N) is 3. The van der Waals surface area contributed by atoms with Crippen LogP contribution in [0.25, 0.3) is 10.2 Å². The highest BCUT2D eigenvalue weighted by Gasteiger charge is 2.17. The molecular weight excluding hydrogens is 387 g/mol. The van der Waals surface area contributed by atoms with Crippen molar-refractivity contribution in [2.75, 3.05) is 24.7 Å². The van der Waals surface area contributed by atoms with Gasteiger partial charge in [-0.05, 0) is 36.3 Å². The van der Waals surface area contributed by atoms with Crippen LogP contribution in [0.2, 0.25) is 0 Å². The van der Waals surface area contributed by atoms with E-state index in [-0.39, 0.29) is 11.9 Å². The number of carbonyl (C=O) groups excluding carboxylic acids is 1. The third-order valence-electron chi connectivity index (χ3n) is 3.75. The Bertz CT molecular complexity index is 935. The van der Waals surface area contributed by atoms with Crippen LogP contribution in [0.15, 0.2) is 29.9 Å². The summed E-state index contributed by atoms with van der Waals surface area (Å²) in [6.07, 6.45) is 4.66. The summed E-state index contributed by atoms with van der Waals surface area (Å²) in [7, 11) is 0. The zero-order valence-electron chi connectivity index (χ0n) is 14.8. The summed E-state index contributed by atoms with van der Waals surface area (Å²) in [6, 6.07) is 2.97. The summed E-state index contributed by atoms with van der Waals surface area (Å²) in [6.45, 7) is 3.00. The molecular formula is C17H19FN6OS2. The average Bonchev–Trinajstić information content (AvgIpc) is 3.13. The summed E-state index contributed by atoms with van der Waals surface area (Å²) in [5.41, 5.74) is 1.68. The van der Waals surface area contributed by atoms with Gasteiger partial charge in [0.05, 0.1) is 22.5 Å². The van der Waals surface area contributed by atoms with E-state index in [1.807, 2.05) is 24.6 Å². The first-order valence-corrected chi connectivity index (χ1v) is 10.3. The molecule has 0 saturated heterocycles. The molecule has 1 amide bonds. The number of fused-ring (bicyclic) bond motifs is 1. The van der Waals surface area contributed by atoms with Crippen molar-refractivity contribution in [2.24, 2.45) is 0 Å². The van der Waals surface area contributed by atoms with Crippen LogP contribution in [0.4, 0.5) is 10.3 Å². The summed E-state index contributed by atoms with van der Waals surface area (Å²) >= 11 is 2.91. The van der Waals surface area contributed by atoms with Gasteiger partial charge in [0.25, 0.3) is 5.91 Å². The van der Waals surface area contributed by atoms with E-state index in [4.69, 9.17) is 0 Å². The number of nitrogens with one attached hydrogen (secondary N) is 3. The van der Waals surface area contributed by atoms with Gasteiger partial charge in [-0.15, -0.1) is 11.3 Å². The number of aromatic nitrogens is 3. The lowest BCUT2D eigenvalue weighted by molar-refractivity contribution is 0.0951. The molecule has 3 rings (SSSR count). The van der Waals surface area contributed by atoms with Crippen molar-refractivity contribution >= 4 is 45.4 Å². The number of rotatable bonds is 8. The van der Waals surface area contributed by atoms with Crippen LogP contribution in [0, 0.1) is 5.82 Å². The van der Waals surface area contributed by atoms with E-state index in [1.54, 1.807) is 6.20 Å². The van der Waals surface area contributed by atoms with Gasteiger partial charge in [-0.2, -0.15) is 0 Å². The molecule has 0 aliphatic rings. The third-order valence-corrected chi connectivity index (χ3v) is 5.15. The lowest BCUT2D eigenvalue weighted by Crippen LogP contribution is -2.30. The molecule has 0 bridgehead atoms. The van der Waals surface area contributed by atoms with Crippen LogP contribution in [-0.4, -0.2) is 40.2 Å². The van der Waals surface area contributed by atoms with Crippen LogP contribution in [0.3, 0.4) is 0 Å². The van der Waals surface area contributed by atoms with Crippen LogP contribution in [0.5, 0.6) is 0 Å². The van der Waals surface area contributed by atoms with E-state index in [0.29, 0.717) is 35.8 Å². The summed E-state index contributed by atoms with van der Waals surface area (Å²) in [5, 5.41) is 7.84. The van der Waals surface area contributed by atoms with Crippen molar-refractivity contribution < 1.29 is 9.18 Å². The fraction of sp³-hybridized carbons (Fsp3) is 0.294.